The molecule has 112 valence electrons. The fourth-order valence-corrected chi connectivity index (χ4v) is 2.21. The van der Waals surface area contributed by atoms with Crippen LogP contribution in [0, 0.1) is 0 Å². The van der Waals surface area contributed by atoms with Gasteiger partial charge in [0.2, 0.25) is 17.7 Å². The third-order valence-corrected chi connectivity index (χ3v) is 3.09. The first kappa shape index (κ1) is 15.0. The SMILES string of the molecule is CC(C)NC(=O)CCC(=O)N1CC(=O)Nc2ccccc21. The Morgan fingerprint density at radius 3 is 2.71 bits per heavy atom. The maximum atomic E-state index is 12.3. The van der Waals surface area contributed by atoms with E-state index in [-0.39, 0.29) is 43.1 Å². The Morgan fingerprint density at radius 2 is 2.00 bits per heavy atom. The Hall–Kier alpha value is -2.37. The second-order valence-electron chi connectivity index (χ2n) is 5.27. The van der Waals surface area contributed by atoms with E-state index in [1.807, 2.05) is 19.9 Å². The summed E-state index contributed by atoms with van der Waals surface area (Å²) in [7, 11) is 0. The van der Waals surface area contributed by atoms with Gasteiger partial charge in [-0.15, -0.1) is 0 Å². The lowest BCUT2D eigenvalue weighted by atomic mass is 10.1. The predicted octanol–water partition coefficient (Wildman–Crippen LogP) is 1.28. The summed E-state index contributed by atoms with van der Waals surface area (Å²) < 4.78 is 0. The smallest absolute Gasteiger partial charge is 0.244 e. The van der Waals surface area contributed by atoms with Gasteiger partial charge in [-0.2, -0.15) is 0 Å². The molecule has 1 aromatic carbocycles. The molecule has 0 bridgehead atoms. The number of fused-ring (bicyclic) bond motifs is 1. The molecule has 1 heterocycles. The lowest BCUT2D eigenvalue weighted by Crippen LogP contribution is -2.42. The van der Waals surface area contributed by atoms with E-state index in [0.29, 0.717) is 11.4 Å². The summed E-state index contributed by atoms with van der Waals surface area (Å²) in [6, 6.07) is 7.18. The number of para-hydroxylation sites is 2. The largest absolute Gasteiger partial charge is 0.354 e. The summed E-state index contributed by atoms with van der Waals surface area (Å²) in [6.45, 7) is 3.72. The van der Waals surface area contributed by atoms with Crippen molar-refractivity contribution in [2.45, 2.75) is 32.7 Å². The van der Waals surface area contributed by atoms with Gasteiger partial charge in [0.15, 0.2) is 0 Å². The predicted molar refractivity (Wildman–Crippen MR) is 79.9 cm³/mol. The van der Waals surface area contributed by atoms with Gasteiger partial charge in [0, 0.05) is 18.9 Å². The summed E-state index contributed by atoms with van der Waals surface area (Å²) in [4.78, 5) is 36.9. The number of hydrogen-bond donors (Lipinski definition) is 2. The van der Waals surface area contributed by atoms with Crippen molar-refractivity contribution in [3.63, 3.8) is 0 Å². The molecule has 6 nitrogen and oxygen atoms in total. The van der Waals surface area contributed by atoms with Crippen LogP contribution in [0.5, 0.6) is 0 Å². The van der Waals surface area contributed by atoms with Gasteiger partial charge >= 0.3 is 0 Å². The monoisotopic (exact) mass is 289 g/mol. The average molecular weight is 289 g/mol. The maximum absolute atomic E-state index is 12.3. The Morgan fingerprint density at radius 1 is 1.29 bits per heavy atom. The molecule has 1 aliphatic heterocycles. The molecule has 0 saturated heterocycles. The Bertz CT molecular complexity index is 569. The van der Waals surface area contributed by atoms with Crippen molar-refractivity contribution in [1.29, 1.82) is 0 Å². The molecule has 0 aromatic heterocycles. The highest BCUT2D eigenvalue weighted by molar-refractivity contribution is 6.10. The molecule has 3 amide bonds. The zero-order valence-electron chi connectivity index (χ0n) is 12.2. The molecule has 0 fully saturated rings. The van der Waals surface area contributed by atoms with E-state index >= 15 is 0 Å². The zero-order valence-corrected chi connectivity index (χ0v) is 12.2. The Labute approximate surface area is 123 Å². The highest BCUT2D eigenvalue weighted by Gasteiger charge is 2.26. The van der Waals surface area contributed by atoms with E-state index in [2.05, 4.69) is 10.6 Å². The quantitative estimate of drug-likeness (QED) is 0.876. The van der Waals surface area contributed by atoms with Crippen LogP contribution in [-0.4, -0.2) is 30.3 Å². The van der Waals surface area contributed by atoms with Gasteiger partial charge in [0.25, 0.3) is 0 Å². The van der Waals surface area contributed by atoms with Crippen LogP contribution in [0.1, 0.15) is 26.7 Å². The third kappa shape index (κ3) is 3.81. The third-order valence-electron chi connectivity index (χ3n) is 3.09. The minimum Gasteiger partial charge on any atom is -0.354 e. The molecule has 0 unspecified atom stereocenters. The Kier molecular flexibility index (Phi) is 4.57. The van der Waals surface area contributed by atoms with E-state index in [9.17, 15) is 14.4 Å². The minimum atomic E-state index is -0.228. The summed E-state index contributed by atoms with van der Waals surface area (Å²) in [6.07, 6.45) is 0.206. The summed E-state index contributed by atoms with van der Waals surface area (Å²) >= 11 is 0. The number of anilines is 2. The first-order valence-electron chi connectivity index (χ1n) is 6.96. The van der Waals surface area contributed by atoms with E-state index < -0.39 is 0 Å². The number of amides is 3. The van der Waals surface area contributed by atoms with Gasteiger partial charge < -0.3 is 15.5 Å². The van der Waals surface area contributed by atoms with Crippen LogP contribution in [0.2, 0.25) is 0 Å². The highest BCUT2D eigenvalue weighted by Crippen LogP contribution is 2.29. The van der Waals surface area contributed by atoms with Gasteiger partial charge in [0.05, 0.1) is 11.4 Å². The van der Waals surface area contributed by atoms with Crippen LogP contribution in [0.3, 0.4) is 0 Å². The lowest BCUT2D eigenvalue weighted by Gasteiger charge is -2.29. The van der Waals surface area contributed by atoms with Gasteiger partial charge in [-0.05, 0) is 26.0 Å². The highest BCUT2D eigenvalue weighted by atomic mass is 16.2. The van der Waals surface area contributed by atoms with Crippen LogP contribution in [0.15, 0.2) is 24.3 Å². The van der Waals surface area contributed by atoms with Crippen LogP contribution in [-0.2, 0) is 14.4 Å². The standard InChI is InChI=1S/C15H19N3O3/c1-10(2)16-13(19)7-8-15(21)18-9-14(20)17-11-5-3-4-6-12(11)18/h3-6,10H,7-9H2,1-2H3,(H,16,19)(H,17,20). The molecular weight excluding hydrogens is 270 g/mol. The summed E-state index contributed by atoms with van der Waals surface area (Å²) in [5.41, 5.74) is 1.29. The first-order chi connectivity index (χ1) is 9.97. The maximum Gasteiger partial charge on any atom is 0.244 e. The number of rotatable bonds is 4. The second kappa shape index (κ2) is 6.39. The van der Waals surface area contributed by atoms with Crippen molar-refractivity contribution in [1.82, 2.24) is 5.32 Å². The number of hydrogen-bond acceptors (Lipinski definition) is 3. The van der Waals surface area contributed by atoms with Crippen molar-refractivity contribution in [2.24, 2.45) is 0 Å². The topological polar surface area (TPSA) is 78.5 Å². The van der Waals surface area contributed by atoms with Crippen LogP contribution >= 0.6 is 0 Å². The second-order valence-corrected chi connectivity index (χ2v) is 5.27. The van der Waals surface area contributed by atoms with E-state index in [0.717, 1.165) is 0 Å². The lowest BCUT2D eigenvalue weighted by molar-refractivity contribution is -0.126. The fourth-order valence-electron chi connectivity index (χ4n) is 2.21. The van der Waals surface area contributed by atoms with E-state index in [4.69, 9.17) is 0 Å². The van der Waals surface area contributed by atoms with Crippen LogP contribution in [0.4, 0.5) is 11.4 Å². The van der Waals surface area contributed by atoms with Gasteiger partial charge in [-0.25, -0.2) is 0 Å². The van der Waals surface area contributed by atoms with Crippen molar-refractivity contribution in [3.05, 3.63) is 24.3 Å². The molecule has 0 aliphatic carbocycles. The average Bonchev–Trinajstić information content (AvgIpc) is 2.43. The van der Waals surface area contributed by atoms with Crippen molar-refractivity contribution < 1.29 is 14.4 Å². The molecule has 0 spiro atoms. The molecule has 21 heavy (non-hydrogen) atoms. The van der Waals surface area contributed by atoms with Crippen LogP contribution in [0.25, 0.3) is 0 Å². The van der Waals surface area contributed by atoms with Crippen molar-refractivity contribution in [3.8, 4) is 0 Å². The molecule has 2 rings (SSSR count). The zero-order chi connectivity index (χ0) is 15.4. The van der Waals surface area contributed by atoms with Crippen molar-refractivity contribution >= 4 is 29.1 Å². The molecule has 6 heteroatoms. The Balaban J connectivity index is 2.03. The molecule has 1 aliphatic rings. The van der Waals surface area contributed by atoms with Gasteiger partial charge in [-0.1, -0.05) is 12.1 Å². The normalized spacial score (nSPS) is 13.7. The summed E-state index contributed by atoms with van der Waals surface area (Å²) in [5, 5.41) is 5.46. The molecule has 0 saturated carbocycles. The number of carbonyl (C=O) groups is 3. The van der Waals surface area contributed by atoms with Gasteiger partial charge in [0.1, 0.15) is 6.54 Å². The van der Waals surface area contributed by atoms with E-state index in [1.54, 1.807) is 18.2 Å². The molecule has 1 aromatic rings. The van der Waals surface area contributed by atoms with Gasteiger partial charge in [-0.3, -0.25) is 14.4 Å². The fraction of sp³-hybridized carbons (Fsp3) is 0.400. The molecule has 2 N–H and O–H groups in total. The van der Waals surface area contributed by atoms with E-state index in [1.165, 1.54) is 4.90 Å². The summed E-state index contributed by atoms with van der Waals surface area (Å²) in [5.74, 6) is -0.613. The molecular formula is C15H19N3O3. The molecule has 0 radical (unpaired) electrons. The van der Waals surface area contributed by atoms with Crippen molar-refractivity contribution in [2.75, 3.05) is 16.8 Å². The number of nitrogens with zero attached hydrogens (tertiary/aromatic N) is 1. The van der Waals surface area contributed by atoms with Crippen LogP contribution < -0.4 is 15.5 Å². The molecule has 0 atom stereocenters. The first-order valence-corrected chi connectivity index (χ1v) is 6.96. The number of carbonyl (C=O) groups excluding carboxylic acids is 3. The number of benzene rings is 1. The minimum absolute atomic E-state index is 0.0123. The number of nitrogens with one attached hydrogen (secondary N) is 2.